The summed E-state index contributed by atoms with van der Waals surface area (Å²) in [5.74, 6) is 0.144. The molecule has 1 aliphatic heterocycles. The molecule has 0 aromatic heterocycles. The smallest absolute Gasteiger partial charge is 0.323 e. The van der Waals surface area contributed by atoms with Crippen LogP contribution in [0.2, 0.25) is 0 Å². The Morgan fingerprint density at radius 2 is 2.00 bits per heavy atom. The minimum atomic E-state index is -0.325. The van der Waals surface area contributed by atoms with Crippen molar-refractivity contribution in [3.05, 3.63) is 35.6 Å². The van der Waals surface area contributed by atoms with Gasteiger partial charge in [-0.15, -0.1) is 0 Å². The van der Waals surface area contributed by atoms with Crippen molar-refractivity contribution in [3.63, 3.8) is 0 Å². The van der Waals surface area contributed by atoms with E-state index in [0.29, 0.717) is 11.6 Å². The van der Waals surface area contributed by atoms with Gasteiger partial charge in [-0.1, -0.05) is 31.0 Å². The van der Waals surface area contributed by atoms with Crippen LogP contribution in [0.5, 0.6) is 0 Å². The maximum Gasteiger partial charge on any atom is 0.323 e. The summed E-state index contributed by atoms with van der Waals surface area (Å²) in [6.07, 6.45) is 6.90. The van der Waals surface area contributed by atoms with Gasteiger partial charge in [0.25, 0.3) is 0 Å². The third-order valence-corrected chi connectivity index (χ3v) is 4.76. The molecule has 114 valence electrons. The first kappa shape index (κ1) is 14.5. The number of esters is 1. The highest BCUT2D eigenvalue weighted by molar-refractivity contribution is 5.76. The van der Waals surface area contributed by atoms with Crippen LogP contribution in [0, 0.1) is 11.7 Å². The van der Waals surface area contributed by atoms with Gasteiger partial charge in [-0.2, -0.15) is 0 Å². The first-order valence-electron chi connectivity index (χ1n) is 7.90. The first-order valence-corrected chi connectivity index (χ1v) is 7.90. The number of ether oxygens (including phenoxy) is 1. The monoisotopic (exact) mass is 291 g/mol. The predicted molar refractivity (Wildman–Crippen MR) is 78.1 cm³/mol. The quantitative estimate of drug-likeness (QED) is 0.869. The van der Waals surface area contributed by atoms with Gasteiger partial charge in [0, 0.05) is 11.6 Å². The number of carbonyl (C=O) groups is 1. The maximum atomic E-state index is 13.5. The number of benzene rings is 1. The fourth-order valence-electron chi connectivity index (χ4n) is 3.55. The van der Waals surface area contributed by atoms with E-state index < -0.39 is 0 Å². The number of nitrogens with one attached hydrogen (secondary N) is 1. The Bertz CT molecular complexity index is 505. The molecule has 1 aliphatic carbocycles. The van der Waals surface area contributed by atoms with Crippen molar-refractivity contribution in [1.29, 1.82) is 0 Å². The molecule has 4 heteroatoms. The topological polar surface area (TPSA) is 38.3 Å². The Balaban J connectivity index is 1.53. The van der Waals surface area contributed by atoms with E-state index in [-0.39, 0.29) is 24.4 Å². The molecule has 1 saturated carbocycles. The molecule has 3 nitrogen and oxygen atoms in total. The van der Waals surface area contributed by atoms with Crippen molar-refractivity contribution in [2.24, 2.45) is 5.92 Å². The molecular formula is C17H22FNO2. The van der Waals surface area contributed by atoms with Crippen LogP contribution >= 0.6 is 0 Å². The molecule has 2 fully saturated rings. The standard InChI is InChI=1S/C17H22FNO2/c18-14-7-3-1-6-13(14)11-21-17(20)16-10-9-12-5-2-4-8-15(12)19-16/h1,3,6-7,12,15-16,19H,2,4-5,8-11H2. The second kappa shape index (κ2) is 6.56. The van der Waals surface area contributed by atoms with E-state index in [0.717, 1.165) is 25.2 Å². The van der Waals surface area contributed by atoms with Gasteiger partial charge in [0.1, 0.15) is 18.5 Å². The Kier molecular flexibility index (Phi) is 4.54. The van der Waals surface area contributed by atoms with Crippen LogP contribution in [0.15, 0.2) is 24.3 Å². The minimum absolute atomic E-state index is 0.0117. The minimum Gasteiger partial charge on any atom is -0.460 e. The molecule has 3 atom stereocenters. The van der Waals surface area contributed by atoms with Gasteiger partial charge >= 0.3 is 5.97 Å². The molecule has 1 aromatic carbocycles. The molecule has 0 bridgehead atoms. The highest BCUT2D eigenvalue weighted by atomic mass is 19.1. The van der Waals surface area contributed by atoms with Crippen molar-refractivity contribution < 1.29 is 13.9 Å². The van der Waals surface area contributed by atoms with Gasteiger partial charge in [0.15, 0.2) is 0 Å². The molecule has 3 rings (SSSR count). The lowest BCUT2D eigenvalue weighted by atomic mass is 9.78. The molecule has 0 spiro atoms. The van der Waals surface area contributed by atoms with Gasteiger partial charge < -0.3 is 10.1 Å². The van der Waals surface area contributed by atoms with Crippen LogP contribution in [0.4, 0.5) is 4.39 Å². The van der Waals surface area contributed by atoms with Crippen molar-refractivity contribution in [2.45, 2.75) is 57.2 Å². The largest absolute Gasteiger partial charge is 0.460 e. The van der Waals surface area contributed by atoms with Crippen LogP contribution in [-0.2, 0) is 16.1 Å². The zero-order valence-electron chi connectivity index (χ0n) is 12.2. The summed E-state index contributed by atoms with van der Waals surface area (Å²) in [5, 5.41) is 3.44. The number of hydrogen-bond acceptors (Lipinski definition) is 3. The number of fused-ring (bicyclic) bond motifs is 1. The Hall–Kier alpha value is -1.42. The Morgan fingerprint density at radius 3 is 2.86 bits per heavy atom. The molecule has 2 aliphatic rings. The normalized spacial score (nSPS) is 28.7. The lowest BCUT2D eigenvalue weighted by Crippen LogP contribution is -2.52. The molecule has 21 heavy (non-hydrogen) atoms. The Labute approximate surface area is 124 Å². The van der Waals surface area contributed by atoms with Gasteiger partial charge in [0.2, 0.25) is 0 Å². The van der Waals surface area contributed by atoms with Crippen LogP contribution < -0.4 is 5.32 Å². The highest BCUT2D eigenvalue weighted by Gasteiger charge is 2.35. The summed E-state index contributed by atoms with van der Waals surface area (Å²) in [7, 11) is 0. The molecule has 0 radical (unpaired) electrons. The van der Waals surface area contributed by atoms with Crippen LogP contribution in [0.25, 0.3) is 0 Å². The third-order valence-electron chi connectivity index (χ3n) is 4.76. The van der Waals surface area contributed by atoms with Crippen LogP contribution in [0.3, 0.4) is 0 Å². The van der Waals surface area contributed by atoms with Crippen molar-refractivity contribution >= 4 is 5.97 Å². The lowest BCUT2D eigenvalue weighted by molar-refractivity contribution is -0.149. The summed E-state index contributed by atoms with van der Waals surface area (Å²) < 4.78 is 18.8. The average molecular weight is 291 g/mol. The summed E-state index contributed by atoms with van der Waals surface area (Å²) in [4.78, 5) is 12.2. The summed E-state index contributed by atoms with van der Waals surface area (Å²) >= 11 is 0. The van der Waals surface area contributed by atoms with E-state index >= 15 is 0 Å². The molecule has 1 saturated heterocycles. The maximum absolute atomic E-state index is 13.5. The van der Waals surface area contributed by atoms with E-state index in [1.807, 2.05) is 0 Å². The van der Waals surface area contributed by atoms with E-state index in [2.05, 4.69) is 5.32 Å². The predicted octanol–water partition coefficient (Wildman–Crippen LogP) is 3.18. The SMILES string of the molecule is O=C(OCc1ccccc1F)C1CCC2CCCCC2N1. The number of halogens is 1. The van der Waals surface area contributed by atoms with E-state index in [9.17, 15) is 9.18 Å². The number of carbonyl (C=O) groups excluding carboxylic acids is 1. The summed E-state index contributed by atoms with van der Waals surface area (Å²) in [5.41, 5.74) is 0.428. The van der Waals surface area contributed by atoms with E-state index in [1.54, 1.807) is 18.2 Å². The van der Waals surface area contributed by atoms with Crippen LogP contribution in [-0.4, -0.2) is 18.1 Å². The third kappa shape index (κ3) is 3.43. The van der Waals surface area contributed by atoms with Gasteiger partial charge in [0.05, 0.1) is 0 Å². The fraction of sp³-hybridized carbons (Fsp3) is 0.588. The van der Waals surface area contributed by atoms with Crippen molar-refractivity contribution in [1.82, 2.24) is 5.32 Å². The van der Waals surface area contributed by atoms with Crippen LogP contribution in [0.1, 0.15) is 44.1 Å². The molecule has 1 aromatic rings. The molecule has 1 heterocycles. The second-order valence-corrected chi connectivity index (χ2v) is 6.15. The average Bonchev–Trinajstić information content (AvgIpc) is 2.53. The molecule has 1 N–H and O–H groups in total. The summed E-state index contributed by atoms with van der Waals surface area (Å²) in [6.45, 7) is 0.0117. The zero-order chi connectivity index (χ0) is 14.7. The molecular weight excluding hydrogens is 269 g/mol. The lowest BCUT2D eigenvalue weighted by Gasteiger charge is -2.39. The van der Waals surface area contributed by atoms with Crippen molar-refractivity contribution in [3.8, 4) is 0 Å². The fourth-order valence-corrected chi connectivity index (χ4v) is 3.55. The first-order chi connectivity index (χ1) is 10.2. The molecule has 3 unspecified atom stereocenters. The Morgan fingerprint density at radius 1 is 1.19 bits per heavy atom. The van der Waals surface area contributed by atoms with Gasteiger partial charge in [-0.05, 0) is 37.7 Å². The zero-order valence-corrected chi connectivity index (χ0v) is 12.2. The molecule has 0 amide bonds. The van der Waals surface area contributed by atoms with Gasteiger partial charge in [-0.25, -0.2) is 4.39 Å². The number of rotatable bonds is 3. The summed E-state index contributed by atoms with van der Waals surface area (Å²) in [6, 6.07) is 6.64. The van der Waals surface area contributed by atoms with E-state index in [1.165, 1.54) is 25.3 Å². The highest BCUT2D eigenvalue weighted by Crippen LogP contribution is 2.32. The number of piperidine rings is 1. The van der Waals surface area contributed by atoms with E-state index in [4.69, 9.17) is 4.74 Å². The number of hydrogen-bond donors (Lipinski definition) is 1. The van der Waals surface area contributed by atoms with Gasteiger partial charge in [-0.3, -0.25) is 4.79 Å². The van der Waals surface area contributed by atoms with Crippen molar-refractivity contribution in [2.75, 3.05) is 0 Å². The second-order valence-electron chi connectivity index (χ2n) is 6.15.